The number of nitro groups is 1. The highest BCUT2D eigenvalue weighted by atomic mass is 19.4. The average molecular weight is 303 g/mol. The molecule has 0 saturated heterocycles. The van der Waals surface area contributed by atoms with Gasteiger partial charge in [-0.2, -0.15) is 13.2 Å². The molecule has 0 aliphatic heterocycles. The number of nitrogens with zero attached hydrogens (tertiary/aromatic N) is 2. The van der Waals surface area contributed by atoms with Crippen molar-refractivity contribution in [1.29, 1.82) is 0 Å². The van der Waals surface area contributed by atoms with Crippen LogP contribution in [0.3, 0.4) is 0 Å². The lowest BCUT2D eigenvalue weighted by Gasteiger charge is -2.26. The lowest BCUT2D eigenvalue weighted by atomic mass is 10.2. The zero-order valence-electron chi connectivity index (χ0n) is 11.5. The van der Waals surface area contributed by atoms with E-state index in [9.17, 15) is 23.3 Å². The molecular formula is C13H16F3N3O2. The minimum atomic E-state index is -4.40. The summed E-state index contributed by atoms with van der Waals surface area (Å²) in [4.78, 5) is 11.8. The summed E-state index contributed by atoms with van der Waals surface area (Å²) in [7, 11) is 0. The van der Waals surface area contributed by atoms with E-state index >= 15 is 0 Å². The van der Waals surface area contributed by atoms with E-state index in [0.717, 1.165) is 4.90 Å². The first-order valence-electron chi connectivity index (χ1n) is 6.68. The highest BCUT2D eigenvalue weighted by molar-refractivity contribution is 5.77. The van der Waals surface area contributed by atoms with Crippen LogP contribution >= 0.6 is 0 Å². The lowest BCUT2D eigenvalue weighted by Crippen LogP contribution is -2.36. The van der Waals surface area contributed by atoms with Crippen LogP contribution in [0, 0.1) is 10.1 Å². The van der Waals surface area contributed by atoms with Gasteiger partial charge in [0.25, 0.3) is 0 Å². The van der Waals surface area contributed by atoms with Gasteiger partial charge in [0.15, 0.2) is 0 Å². The predicted molar refractivity (Wildman–Crippen MR) is 73.7 cm³/mol. The summed E-state index contributed by atoms with van der Waals surface area (Å²) < 4.78 is 38.2. The quantitative estimate of drug-likeness (QED) is 0.645. The monoisotopic (exact) mass is 303 g/mol. The Morgan fingerprint density at radius 2 is 2.10 bits per heavy atom. The van der Waals surface area contributed by atoms with Crippen LogP contribution in [0.15, 0.2) is 18.2 Å². The van der Waals surface area contributed by atoms with Crippen molar-refractivity contribution >= 4 is 17.1 Å². The molecule has 0 spiro atoms. The molecule has 8 heteroatoms. The van der Waals surface area contributed by atoms with Crippen LogP contribution in [0.2, 0.25) is 0 Å². The first-order valence-corrected chi connectivity index (χ1v) is 6.68. The molecule has 0 aromatic heterocycles. The molecule has 0 unspecified atom stereocenters. The number of hydrogen-bond acceptors (Lipinski definition) is 4. The van der Waals surface area contributed by atoms with E-state index in [4.69, 9.17) is 0 Å². The van der Waals surface area contributed by atoms with Crippen molar-refractivity contribution in [3.8, 4) is 0 Å². The molecule has 1 aliphatic rings. The van der Waals surface area contributed by atoms with Gasteiger partial charge in [0.1, 0.15) is 17.9 Å². The van der Waals surface area contributed by atoms with Gasteiger partial charge in [0.05, 0.1) is 4.92 Å². The number of anilines is 2. The molecule has 2 rings (SSSR count). The molecule has 5 nitrogen and oxygen atoms in total. The van der Waals surface area contributed by atoms with E-state index < -0.39 is 17.6 Å². The average Bonchev–Trinajstić information content (AvgIpc) is 3.19. The Morgan fingerprint density at radius 1 is 1.43 bits per heavy atom. The first-order chi connectivity index (χ1) is 9.83. The normalized spacial score (nSPS) is 14.9. The molecule has 1 aliphatic carbocycles. The Kier molecular flexibility index (Phi) is 4.24. The molecule has 1 saturated carbocycles. The second-order valence-corrected chi connectivity index (χ2v) is 4.93. The molecule has 116 valence electrons. The number of alkyl halides is 3. The fraction of sp³-hybridized carbons (Fsp3) is 0.538. The van der Waals surface area contributed by atoms with Crippen LogP contribution < -0.4 is 10.2 Å². The van der Waals surface area contributed by atoms with E-state index in [1.807, 2.05) is 0 Å². The van der Waals surface area contributed by atoms with Gasteiger partial charge >= 0.3 is 11.9 Å². The second-order valence-electron chi connectivity index (χ2n) is 4.93. The molecule has 0 bridgehead atoms. The van der Waals surface area contributed by atoms with Crippen LogP contribution in [0.25, 0.3) is 0 Å². The van der Waals surface area contributed by atoms with Crippen LogP contribution in [-0.4, -0.2) is 30.2 Å². The third-order valence-electron chi connectivity index (χ3n) is 3.21. The lowest BCUT2D eigenvalue weighted by molar-refractivity contribution is -0.383. The minimum Gasteiger partial charge on any atom is -0.380 e. The minimum absolute atomic E-state index is 0.0262. The molecule has 0 heterocycles. The first kappa shape index (κ1) is 15.4. The Morgan fingerprint density at radius 3 is 2.57 bits per heavy atom. The van der Waals surface area contributed by atoms with Crippen LogP contribution in [0.4, 0.5) is 30.2 Å². The van der Waals surface area contributed by atoms with Gasteiger partial charge in [0, 0.05) is 12.6 Å². The fourth-order valence-electron chi connectivity index (χ4n) is 2.28. The van der Waals surface area contributed by atoms with Gasteiger partial charge in [-0.25, -0.2) is 0 Å². The van der Waals surface area contributed by atoms with E-state index in [2.05, 4.69) is 5.32 Å². The molecule has 1 aromatic carbocycles. The highest BCUT2D eigenvalue weighted by Crippen LogP contribution is 2.42. The number of nitrogens with one attached hydrogen (secondary N) is 1. The number of nitro benzene ring substituents is 1. The number of halogens is 3. The largest absolute Gasteiger partial charge is 0.405 e. The summed E-state index contributed by atoms with van der Waals surface area (Å²) in [5, 5.41) is 14.1. The van der Waals surface area contributed by atoms with E-state index in [0.29, 0.717) is 19.4 Å². The third kappa shape index (κ3) is 3.77. The number of rotatable bonds is 6. The van der Waals surface area contributed by atoms with Crippen molar-refractivity contribution < 1.29 is 18.1 Å². The van der Waals surface area contributed by atoms with Gasteiger partial charge in [-0.05, 0) is 31.9 Å². The van der Waals surface area contributed by atoms with Gasteiger partial charge in [0.2, 0.25) is 0 Å². The summed E-state index contributed by atoms with van der Waals surface area (Å²) in [6, 6.07) is 4.14. The molecular weight excluding hydrogens is 287 g/mol. The molecule has 0 atom stereocenters. The van der Waals surface area contributed by atoms with Crippen molar-refractivity contribution in [3.63, 3.8) is 0 Å². The molecule has 1 aromatic rings. The topological polar surface area (TPSA) is 58.4 Å². The van der Waals surface area contributed by atoms with Gasteiger partial charge in [-0.3, -0.25) is 10.1 Å². The van der Waals surface area contributed by atoms with E-state index in [1.54, 1.807) is 6.92 Å². The Hall–Kier alpha value is -1.99. The summed E-state index contributed by atoms with van der Waals surface area (Å²) in [5.74, 6) is 0. The van der Waals surface area contributed by atoms with Gasteiger partial charge < -0.3 is 10.2 Å². The Bertz CT molecular complexity index is 530. The van der Waals surface area contributed by atoms with Gasteiger partial charge in [-0.1, -0.05) is 6.07 Å². The van der Waals surface area contributed by atoms with Crippen molar-refractivity contribution in [2.24, 2.45) is 0 Å². The molecule has 1 fully saturated rings. The SMILES string of the molecule is CCNc1cccc(N(CC(F)(F)F)C2CC2)c1[N+](=O)[O-]. The predicted octanol–water partition coefficient (Wildman–Crippen LogP) is 3.56. The van der Waals surface area contributed by atoms with E-state index in [-0.39, 0.29) is 23.1 Å². The maximum atomic E-state index is 12.7. The van der Waals surface area contributed by atoms with Crippen molar-refractivity contribution in [2.75, 3.05) is 23.3 Å². The summed E-state index contributed by atoms with van der Waals surface area (Å²) in [6.45, 7) is 1.05. The third-order valence-corrected chi connectivity index (χ3v) is 3.21. The maximum absolute atomic E-state index is 12.7. The van der Waals surface area contributed by atoms with Gasteiger partial charge in [-0.15, -0.1) is 0 Å². The maximum Gasteiger partial charge on any atom is 0.405 e. The van der Waals surface area contributed by atoms with Crippen molar-refractivity contribution in [3.05, 3.63) is 28.3 Å². The fourth-order valence-corrected chi connectivity index (χ4v) is 2.28. The van der Waals surface area contributed by atoms with Crippen LogP contribution in [-0.2, 0) is 0 Å². The smallest absolute Gasteiger partial charge is 0.380 e. The molecule has 0 radical (unpaired) electrons. The second kappa shape index (κ2) is 5.79. The summed E-state index contributed by atoms with van der Waals surface area (Å²) in [5.41, 5.74) is -0.0263. The summed E-state index contributed by atoms with van der Waals surface area (Å²) in [6.07, 6.45) is -3.15. The molecule has 1 N–H and O–H groups in total. The highest BCUT2D eigenvalue weighted by Gasteiger charge is 2.41. The number of para-hydroxylation sites is 1. The van der Waals surface area contributed by atoms with Crippen LogP contribution in [0.5, 0.6) is 0 Å². The zero-order valence-corrected chi connectivity index (χ0v) is 11.5. The Labute approximate surface area is 119 Å². The zero-order chi connectivity index (χ0) is 15.6. The van der Waals surface area contributed by atoms with E-state index in [1.165, 1.54) is 18.2 Å². The molecule has 21 heavy (non-hydrogen) atoms. The Balaban J connectivity index is 2.44. The number of hydrogen-bond donors (Lipinski definition) is 1. The van der Waals surface area contributed by atoms with Crippen molar-refractivity contribution in [1.82, 2.24) is 0 Å². The van der Waals surface area contributed by atoms with Crippen LogP contribution in [0.1, 0.15) is 19.8 Å². The summed E-state index contributed by atoms with van der Waals surface area (Å²) >= 11 is 0. The molecule has 0 amide bonds. The van der Waals surface area contributed by atoms with Crippen molar-refractivity contribution in [2.45, 2.75) is 32.0 Å². The number of benzene rings is 1. The standard InChI is InChI=1S/C13H16F3N3O2/c1-2-17-10-4-3-5-11(12(10)19(20)21)18(9-6-7-9)8-13(14,15)16/h3-5,9,17H,2,6-8H2,1H3.